The second kappa shape index (κ2) is 11.3. The molecule has 0 saturated carbocycles. The number of halogens is 1. The minimum Gasteiger partial charge on any atom is -0.383 e. The fourth-order valence-electron chi connectivity index (χ4n) is 2.21. The molecule has 0 heterocycles. The third-order valence-corrected chi connectivity index (χ3v) is 3.77. The molecular weight excluding hydrogens is 234 g/mol. The summed E-state index contributed by atoms with van der Waals surface area (Å²) in [6, 6.07) is 0.702. The highest BCUT2D eigenvalue weighted by Crippen LogP contribution is 2.14. The highest BCUT2D eigenvalue weighted by molar-refractivity contribution is 6.17. The number of alkyl halides is 1. The first-order valence-corrected chi connectivity index (χ1v) is 7.51. The lowest BCUT2D eigenvalue weighted by Gasteiger charge is -2.31. The van der Waals surface area contributed by atoms with Gasteiger partial charge in [0.15, 0.2) is 0 Å². The van der Waals surface area contributed by atoms with Crippen LogP contribution < -0.4 is 0 Å². The van der Waals surface area contributed by atoms with Crippen LogP contribution >= 0.6 is 11.6 Å². The van der Waals surface area contributed by atoms with Gasteiger partial charge < -0.3 is 4.74 Å². The Morgan fingerprint density at radius 1 is 1.12 bits per heavy atom. The van der Waals surface area contributed by atoms with E-state index in [4.69, 9.17) is 16.3 Å². The van der Waals surface area contributed by atoms with E-state index >= 15 is 0 Å². The molecule has 0 aromatic carbocycles. The van der Waals surface area contributed by atoms with Crippen LogP contribution in [0.3, 0.4) is 0 Å². The minimum atomic E-state index is 0.702. The minimum absolute atomic E-state index is 0.702. The van der Waals surface area contributed by atoms with Crippen molar-refractivity contribution in [3.63, 3.8) is 0 Å². The van der Waals surface area contributed by atoms with Crippen molar-refractivity contribution in [1.82, 2.24) is 4.90 Å². The van der Waals surface area contributed by atoms with Gasteiger partial charge in [-0.25, -0.2) is 0 Å². The standard InChI is InChI=1S/C14H30ClNO/c1-5-14(6-2)16(11-12-17-4)10-8-13(3)7-9-15/h13-14H,5-12H2,1-4H3. The summed E-state index contributed by atoms with van der Waals surface area (Å²) in [7, 11) is 1.78. The summed E-state index contributed by atoms with van der Waals surface area (Å²) in [4.78, 5) is 2.58. The van der Waals surface area contributed by atoms with Crippen molar-refractivity contribution in [2.75, 3.05) is 32.7 Å². The van der Waals surface area contributed by atoms with Crippen LogP contribution in [0.4, 0.5) is 0 Å². The zero-order valence-electron chi connectivity index (χ0n) is 12.0. The number of ether oxygens (including phenoxy) is 1. The molecule has 1 atom stereocenters. The zero-order chi connectivity index (χ0) is 13.1. The van der Waals surface area contributed by atoms with Gasteiger partial charge in [-0.05, 0) is 38.1 Å². The molecule has 17 heavy (non-hydrogen) atoms. The van der Waals surface area contributed by atoms with E-state index in [0.717, 1.165) is 31.4 Å². The highest BCUT2D eigenvalue weighted by Gasteiger charge is 2.15. The molecule has 0 saturated heterocycles. The van der Waals surface area contributed by atoms with Crippen LogP contribution in [0.15, 0.2) is 0 Å². The van der Waals surface area contributed by atoms with E-state index < -0.39 is 0 Å². The quantitative estimate of drug-likeness (QED) is 0.526. The maximum atomic E-state index is 5.78. The molecule has 0 bridgehead atoms. The van der Waals surface area contributed by atoms with Gasteiger partial charge >= 0.3 is 0 Å². The van der Waals surface area contributed by atoms with E-state index in [2.05, 4.69) is 25.7 Å². The van der Waals surface area contributed by atoms with E-state index in [1.807, 2.05) is 0 Å². The lowest BCUT2D eigenvalue weighted by atomic mass is 10.0. The Hall–Kier alpha value is 0.210. The van der Waals surface area contributed by atoms with Crippen molar-refractivity contribution in [3.8, 4) is 0 Å². The Morgan fingerprint density at radius 3 is 2.24 bits per heavy atom. The van der Waals surface area contributed by atoms with Crippen molar-refractivity contribution in [1.29, 1.82) is 0 Å². The molecule has 0 spiro atoms. The van der Waals surface area contributed by atoms with Crippen molar-refractivity contribution < 1.29 is 4.74 Å². The third kappa shape index (κ3) is 8.01. The Morgan fingerprint density at radius 2 is 1.76 bits per heavy atom. The summed E-state index contributed by atoms with van der Waals surface area (Å²) < 4.78 is 5.20. The lowest BCUT2D eigenvalue weighted by molar-refractivity contribution is 0.110. The normalized spacial score (nSPS) is 13.6. The topological polar surface area (TPSA) is 12.5 Å². The van der Waals surface area contributed by atoms with Gasteiger partial charge in [0.05, 0.1) is 6.61 Å². The molecule has 0 aromatic heterocycles. The summed E-state index contributed by atoms with van der Waals surface area (Å²) in [6.45, 7) is 9.90. The van der Waals surface area contributed by atoms with Gasteiger partial charge in [0, 0.05) is 25.6 Å². The first-order valence-electron chi connectivity index (χ1n) is 6.98. The predicted molar refractivity (Wildman–Crippen MR) is 76.9 cm³/mol. The van der Waals surface area contributed by atoms with E-state index in [-0.39, 0.29) is 0 Å². The Balaban J connectivity index is 4.07. The molecular formula is C14H30ClNO. The Bertz CT molecular complexity index is 162. The average molecular weight is 264 g/mol. The molecule has 2 nitrogen and oxygen atoms in total. The number of hydrogen-bond donors (Lipinski definition) is 0. The molecule has 0 amide bonds. The van der Waals surface area contributed by atoms with Gasteiger partial charge in [-0.2, -0.15) is 0 Å². The van der Waals surface area contributed by atoms with Crippen molar-refractivity contribution in [2.24, 2.45) is 5.92 Å². The number of nitrogens with zero attached hydrogens (tertiary/aromatic N) is 1. The van der Waals surface area contributed by atoms with Gasteiger partial charge in [-0.3, -0.25) is 4.90 Å². The molecule has 104 valence electrons. The van der Waals surface area contributed by atoms with Crippen LogP contribution in [0, 0.1) is 5.92 Å². The second-order valence-electron chi connectivity index (χ2n) is 4.87. The third-order valence-electron chi connectivity index (χ3n) is 3.55. The van der Waals surface area contributed by atoms with Crippen LogP contribution in [0.5, 0.6) is 0 Å². The molecule has 1 unspecified atom stereocenters. The molecule has 0 fully saturated rings. The SMILES string of the molecule is CCC(CC)N(CCOC)CCC(C)CCCl. The molecule has 0 aliphatic carbocycles. The van der Waals surface area contributed by atoms with Crippen molar-refractivity contribution >= 4 is 11.6 Å². The first-order chi connectivity index (χ1) is 8.19. The summed E-state index contributed by atoms with van der Waals surface area (Å²) in [5, 5.41) is 0. The molecule has 0 N–H and O–H groups in total. The van der Waals surface area contributed by atoms with E-state index in [1.54, 1.807) is 7.11 Å². The van der Waals surface area contributed by atoms with Gasteiger partial charge in [-0.15, -0.1) is 11.6 Å². The summed E-state index contributed by atoms with van der Waals surface area (Å²) in [5.74, 6) is 1.51. The second-order valence-corrected chi connectivity index (χ2v) is 5.25. The summed E-state index contributed by atoms with van der Waals surface area (Å²) >= 11 is 5.78. The number of rotatable bonds is 11. The lowest BCUT2D eigenvalue weighted by Crippen LogP contribution is -2.38. The molecule has 0 radical (unpaired) electrons. The van der Waals surface area contributed by atoms with Crippen LogP contribution in [-0.4, -0.2) is 43.6 Å². The smallest absolute Gasteiger partial charge is 0.0589 e. The van der Waals surface area contributed by atoms with Gasteiger partial charge in [0.25, 0.3) is 0 Å². The molecule has 0 aromatic rings. The fraction of sp³-hybridized carbons (Fsp3) is 1.00. The number of hydrogen-bond acceptors (Lipinski definition) is 2. The molecule has 0 aliphatic rings. The van der Waals surface area contributed by atoms with Crippen LogP contribution in [0.2, 0.25) is 0 Å². The number of methoxy groups -OCH3 is 1. The summed E-state index contributed by atoms with van der Waals surface area (Å²) in [5.41, 5.74) is 0. The van der Waals surface area contributed by atoms with E-state index in [0.29, 0.717) is 6.04 Å². The van der Waals surface area contributed by atoms with Crippen LogP contribution in [-0.2, 0) is 4.74 Å². The van der Waals surface area contributed by atoms with Crippen LogP contribution in [0.1, 0.15) is 46.5 Å². The molecule has 0 rings (SSSR count). The average Bonchev–Trinajstić information content (AvgIpc) is 2.33. The summed E-state index contributed by atoms with van der Waals surface area (Å²) in [6.07, 6.45) is 4.82. The first kappa shape index (κ1) is 17.2. The van der Waals surface area contributed by atoms with E-state index in [1.165, 1.54) is 25.8 Å². The monoisotopic (exact) mass is 263 g/mol. The van der Waals surface area contributed by atoms with Gasteiger partial charge in [-0.1, -0.05) is 20.8 Å². The molecule has 0 aliphatic heterocycles. The zero-order valence-corrected chi connectivity index (χ0v) is 12.8. The largest absolute Gasteiger partial charge is 0.383 e. The Kier molecular flexibility index (Phi) is 11.4. The molecule has 3 heteroatoms. The van der Waals surface area contributed by atoms with Crippen molar-refractivity contribution in [3.05, 3.63) is 0 Å². The van der Waals surface area contributed by atoms with Crippen molar-refractivity contribution in [2.45, 2.75) is 52.5 Å². The highest BCUT2D eigenvalue weighted by atomic mass is 35.5. The maximum absolute atomic E-state index is 5.78. The van der Waals surface area contributed by atoms with Crippen LogP contribution in [0.25, 0.3) is 0 Å². The van der Waals surface area contributed by atoms with E-state index in [9.17, 15) is 0 Å². The van der Waals surface area contributed by atoms with Gasteiger partial charge in [0.1, 0.15) is 0 Å². The Labute approximate surface area is 113 Å². The maximum Gasteiger partial charge on any atom is 0.0589 e. The predicted octanol–water partition coefficient (Wildman–Crippen LogP) is 3.78. The van der Waals surface area contributed by atoms with Gasteiger partial charge in [0.2, 0.25) is 0 Å². The fourth-order valence-corrected chi connectivity index (χ4v) is 2.58.